The first-order valence-electron chi connectivity index (χ1n) is 13.2. The second-order valence-corrected chi connectivity index (χ2v) is 10.7. The summed E-state index contributed by atoms with van der Waals surface area (Å²) < 4.78 is 2.89. The maximum atomic E-state index is 13.5. The number of thiophene rings is 1. The van der Waals surface area contributed by atoms with Gasteiger partial charge in [-0.3, -0.25) is 14.5 Å². The van der Waals surface area contributed by atoms with Gasteiger partial charge in [0.05, 0.1) is 10.2 Å². The molecule has 1 aliphatic rings. The second kappa shape index (κ2) is 10.6. The largest absolute Gasteiger partial charge is 0.354 e. The minimum absolute atomic E-state index is 0.0876. The Bertz CT molecular complexity index is 1660. The SMILES string of the molecule is CCn1c(C(=O)NC)c(CN2C[C@@H](NC(=O)c3ncnc4ccsc34)[C@H](c3ccccc3)C2)c2ccccc21. The van der Waals surface area contributed by atoms with Gasteiger partial charge >= 0.3 is 0 Å². The number of fused-ring (bicyclic) bond motifs is 2. The van der Waals surface area contributed by atoms with Gasteiger partial charge in [0.15, 0.2) is 0 Å². The molecule has 9 heteroatoms. The molecule has 2 atom stereocenters. The lowest BCUT2D eigenvalue weighted by Crippen LogP contribution is -2.40. The van der Waals surface area contributed by atoms with Crippen LogP contribution in [0.15, 0.2) is 72.4 Å². The zero-order valence-electron chi connectivity index (χ0n) is 21.9. The van der Waals surface area contributed by atoms with Crippen molar-refractivity contribution in [3.63, 3.8) is 0 Å². The Morgan fingerprint density at radius 1 is 1.00 bits per heavy atom. The fourth-order valence-corrected chi connectivity index (χ4v) is 6.68. The first-order valence-corrected chi connectivity index (χ1v) is 14.1. The van der Waals surface area contributed by atoms with Crippen LogP contribution in [0.3, 0.4) is 0 Å². The molecule has 0 unspecified atom stereocenters. The lowest BCUT2D eigenvalue weighted by molar-refractivity contribution is 0.0930. The minimum atomic E-state index is -0.189. The summed E-state index contributed by atoms with van der Waals surface area (Å²) in [5.74, 6) is -0.180. The number of nitrogens with one attached hydrogen (secondary N) is 2. The number of benzene rings is 2. The third-order valence-electron chi connectivity index (χ3n) is 7.61. The van der Waals surface area contributed by atoms with Gasteiger partial charge in [0.2, 0.25) is 0 Å². The van der Waals surface area contributed by atoms with E-state index in [-0.39, 0.29) is 23.8 Å². The number of likely N-dealkylation sites (tertiary alicyclic amines) is 1. The molecule has 1 aliphatic heterocycles. The number of hydrogen-bond acceptors (Lipinski definition) is 6. The van der Waals surface area contributed by atoms with E-state index in [1.165, 1.54) is 23.2 Å². The summed E-state index contributed by atoms with van der Waals surface area (Å²) in [6.45, 7) is 4.78. The third-order valence-corrected chi connectivity index (χ3v) is 8.52. The van der Waals surface area contributed by atoms with Crippen LogP contribution in [-0.2, 0) is 13.1 Å². The van der Waals surface area contributed by atoms with Crippen LogP contribution in [0.4, 0.5) is 0 Å². The van der Waals surface area contributed by atoms with Crippen LogP contribution in [0, 0.1) is 0 Å². The average molecular weight is 539 g/mol. The molecule has 5 aromatic rings. The van der Waals surface area contributed by atoms with Crippen LogP contribution in [-0.4, -0.2) is 57.4 Å². The fourth-order valence-electron chi connectivity index (χ4n) is 5.85. The second-order valence-electron chi connectivity index (χ2n) is 9.82. The van der Waals surface area contributed by atoms with Gasteiger partial charge in [-0.15, -0.1) is 11.3 Å². The molecular weight excluding hydrogens is 508 g/mol. The van der Waals surface area contributed by atoms with Gasteiger partial charge in [-0.1, -0.05) is 48.5 Å². The van der Waals surface area contributed by atoms with Crippen molar-refractivity contribution < 1.29 is 9.59 Å². The van der Waals surface area contributed by atoms with E-state index in [9.17, 15) is 9.59 Å². The van der Waals surface area contributed by atoms with Crippen molar-refractivity contribution >= 4 is 44.3 Å². The minimum Gasteiger partial charge on any atom is -0.354 e. The van der Waals surface area contributed by atoms with Gasteiger partial charge in [-0.25, -0.2) is 9.97 Å². The monoisotopic (exact) mass is 538 g/mol. The highest BCUT2D eigenvalue weighted by molar-refractivity contribution is 7.17. The van der Waals surface area contributed by atoms with Crippen molar-refractivity contribution in [1.82, 2.24) is 30.1 Å². The van der Waals surface area contributed by atoms with E-state index in [0.29, 0.717) is 31.0 Å². The molecule has 8 nitrogen and oxygen atoms in total. The summed E-state index contributed by atoms with van der Waals surface area (Å²) in [5.41, 5.74) is 5.14. The van der Waals surface area contributed by atoms with Crippen LogP contribution in [0.2, 0.25) is 0 Å². The molecular formula is C30H30N6O2S. The van der Waals surface area contributed by atoms with Crippen molar-refractivity contribution in [1.29, 1.82) is 0 Å². The van der Waals surface area contributed by atoms with Gasteiger partial charge in [-0.2, -0.15) is 0 Å². The first-order chi connectivity index (χ1) is 19.1. The number of carbonyl (C=O) groups excluding carboxylic acids is 2. The van der Waals surface area contributed by atoms with Crippen LogP contribution in [0.25, 0.3) is 21.1 Å². The molecule has 1 fully saturated rings. The molecule has 3 aromatic heterocycles. The van der Waals surface area contributed by atoms with E-state index < -0.39 is 0 Å². The fraction of sp³-hybridized carbons (Fsp3) is 0.267. The summed E-state index contributed by atoms with van der Waals surface area (Å²) in [6.07, 6.45) is 1.45. The molecule has 0 spiro atoms. The van der Waals surface area contributed by atoms with E-state index >= 15 is 0 Å². The predicted octanol–water partition coefficient (Wildman–Crippen LogP) is 4.42. The van der Waals surface area contributed by atoms with E-state index in [1.54, 1.807) is 7.05 Å². The molecule has 0 aliphatic carbocycles. The Hall–Kier alpha value is -4.08. The molecule has 2 amide bonds. The maximum absolute atomic E-state index is 13.5. The van der Waals surface area contributed by atoms with Crippen LogP contribution >= 0.6 is 11.3 Å². The molecule has 198 valence electrons. The molecule has 6 rings (SSSR count). The summed E-state index contributed by atoms with van der Waals surface area (Å²) in [5, 5.41) is 9.14. The Morgan fingerprint density at radius 2 is 1.79 bits per heavy atom. The van der Waals surface area contributed by atoms with E-state index in [4.69, 9.17) is 0 Å². The zero-order valence-corrected chi connectivity index (χ0v) is 22.7. The van der Waals surface area contributed by atoms with Crippen LogP contribution < -0.4 is 10.6 Å². The molecule has 1 saturated heterocycles. The average Bonchev–Trinajstić information content (AvgIpc) is 3.69. The highest BCUT2D eigenvalue weighted by Crippen LogP contribution is 2.33. The molecule has 0 bridgehead atoms. The Balaban J connectivity index is 1.34. The predicted molar refractivity (Wildman–Crippen MR) is 154 cm³/mol. The number of nitrogens with zero attached hydrogens (tertiary/aromatic N) is 4. The molecule has 39 heavy (non-hydrogen) atoms. The van der Waals surface area contributed by atoms with Gasteiger partial charge < -0.3 is 15.2 Å². The third kappa shape index (κ3) is 4.57. The summed E-state index contributed by atoms with van der Waals surface area (Å²) in [7, 11) is 1.67. The number of hydrogen-bond donors (Lipinski definition) is 2. The summed E-state index contributed by atoms with van der Waals surface area (Å²) >= 11 is 1.48. The Labute approximate surface area is 230 Å². The van der Waals surface area contributed by atoms with Gasteiger partial charge in [-0.05, 0) is 30.0 Å². The van der Waals surface area contributed by atoms with Gasteiger partial charge in [0, 0.05) is 61.7 Å². The number of para-hydroxylation sites is 1. The molecule has 2 aromatic carbocycles. The lowest BCUT2D eigenvalue weighted by atomic mass is 9.94. The number of aromatic nitrogens is 3. The van der Waals surface area contributed by atoms with E-state index in [2.05, 4.69) is 61.3 Å². The number of rotatable bonds is 7. The number of amides is 2. The van der Waals surface area contributed by atoms with Crippen LogP contribution in [0.1, 0.15) is 44.9 Å². The highest BCUT2D eigenvalue weighted by atomic mass is 32.1. The van der Waals surface area contributed by atoms with E-state index in [0.717, 1.165) is 33.2 Å². The molecule has 0 saturated carbocycles. The molecule has 4 heterocycles. The summed E-state index contributed by atoms with van der Waals surface area (Å²) in [6, 6.07) is 20.3. The van der Waals surface area contributed by atoms with Crippen molar-refractivity contribution in [3.8, 4) is 0 Å². The van der Waals surface area contributed by atoms with Crippen molar-refractivity contribution in [2.45, 2.75) is 32.0 Å². The quantitative estimate of drug-likeness (QED) is 0.320. The zero-order chi connectivity index (χ0) is 26.9. The van der Waals surface area contributed by atoms with E-state index in [1.807, 2.05) is 41.8 Å². The van der Waals surface area contributed by atoms with Crippen molar-refractivity contribution in [3.05, 3.63) is 94.9 Å². The van der Waals surface area contributed by atoms with Crippen LogP contribution in [0.5, 0.6) is 0 Å². The molecule has 2 N–H and O–H groups in total. The highest BCUT2D eigenvalue weighted by Gasteiger charge is 2.36. The van der Waals surface area contributed by atoms with Crippen molar-refractivity contribution in [2.24, 2.45) is 0 Å². The first kappa shape index (κ1) is 25.2. The Morgan fingerprint density at radius 3 is 2.59 bits per heavy atom. The topological polar surface area (TPSA) is 92.2 Å². The van der Waals surface area contributed by atoms with Crippen molar-refractivity contribution in [2.75, 3.05) is 20.1 Å². The number of aryl methyl sites for hydroxylation is 1. The van der Waals surface area contributed by atoms with Gasteiger partial charge in [0.1, 0.15) is 17.7 Å². The molecule has 0 radical (unpaired) electrons. The van der Waals surface area contributed by atoms with Gasteiger partial charge in [0.25, 0.3) is 11.8 Å². The lowest BCUT2D eigenvalue weighted by Gasteiger charge is -2.20. The summed E-state index contributed by atoms with van der Waals surface area (Å²) in [4.78, 5) is 37.5. The Kier molecular flexibility index (Phi) is 6.85. The smallest absolute Gasteiger partial charge is 0.271 e. The standard InChI is InChI=1S/C30H30N6O2S/c1-3-36-25-12-8-7-11-20(25)22(27(36)30(38)31-2)16-35-15-21(19-9-5-4-6-10-19)24(17-35)34-29(37)26-28-23(13-14-39-28)32-18-33-26/h4-14,18,21,24H,3,15-17H2,1-2H3,(H,31,38)(H,34,37)/t21-,24+/m0/s1. The maximum Gasteiger partial charge on any atom is 0.271 e. The normalized spacial score (nSPS) is 17.6. The number of carbonyl (C=O) groups is 2.